The van der Waals surface area contributed by atoms with Gasteiger partial charge in [0.25, 0.3) is 0 Å². The monoisotopic (exact) mass is 317 g/mol. The quantitative estimate of drug-likeness (QED) is 0.753. The van der Waals surface area contributed by atoms with Crippen molar-refractivity contribution >= 4 is 6.09 Å². The number of fused-ring (bicyclic) bond motifs is 2. The van der Waals surface area contributed by atoms with Crippen LogP contribution in [-0.2, 0) is 11.2 Å². The van der Waals surface area contributed by atoms with Crippen LogP contribution in [-0.4, -0.2) is 28.7 Å². The normalized spacial score (nSPS) is 23.7. The van der Waals surface area contributed by atoms with Gasteiger partial charge in [-0.3, -0.25) is 4.90 Å². The summed E-state index contributed by atoms with van der Waals surface area (Å²) < 4.78 is 18.9. The Hall–Kier alpha value is -1.84. The van der Waals surface area contributed by atoms with Crippen LogP contribution in [0.25, 0.3) is 0 Å². The number of amides is 1. The summed E-state index contributed by atoms with van der Waals surface area (Å²) in [6, 6.07) is 7.08. The second-order valence-corrected chi connectivity index (χ2v) is 7.52. The first-order valence-corrected chi connectivity index (χ1v) is 8.27. The Morgan fingerprint density at radius 1 is 1.35 bits per heavy atom. The molecule has 2 unspecified atom stereocenters. The maximum Gasteiger partial charge on any atom is 0.411 e. The highest BCUT2D eigenvalue weighted by molar-refractivity contribution is 5.70. The maximum atomic E-state index is 13.3. The van der Waals surface area contributed by atoms with Crippen molar-refractivity contribution in [3.8, 4) is 0 Å². The average molecular weight is 317 g/mol. The first kappa shape index (κ1) is 16.0. The number of benzene rings is 1. The van der Waals surface area contributed by atoms with E-state index in [9.17, 15) is 9.18 Å². The van der Waals surface area contributed by atoms with Crippen molar-refractivity contribution in [2.45, 2.75) is 64.1 Å². The molecular weight excluding hydrogens is 293 g/mol. The molecule has 4 heteroatoms. The van der Waals surface area contributed by atoms with Gasteiger partial charge in [-0.1, -0.05) is 23.8 Å². The molecule has 2 bridgehead atoms. The van der Waals surface area contributed by atoms with Gasteiger partial charge in [-0.05, 0) is 64.2 Å². The second-order valence-electron chi connectivity index (χ2n) is 7.52. The van der Waals surface area contributed by atoms with Crippen molar-refractivity contribution in [3.63, 3.8) is 0 Å². The van der Waals surface area contributed by atoms with Gasteiger partial charge in [-0.15, -0.1) is 0 Å². The summed E-state index contributed by atoms with van der Waals surface area (Å²) >= 11 is 0. The fourth-order valence-electron chi connectivity index (χ4n) is 3.56. The summed E-state index contributed by atoms with van der Waals surface area (Å²) in [5, 5.41) is 0. The number of carbonyl (C=O) groups is 1. The average Bonchev–Trinajstić information content (AvgIpc) is 2.69. The molecule has 0 N–H and O–H groups in total. The molecule has 23 heavy (non-hydrogen) atoms. The molecule has 0 radical (unpaired) electrons. The summed E-state index contributed by atoms with van der Waals surface area (Å²) in [6.07, 6.45) is 5.56. The zero-order chi connectivity index (χ0) is 16.6. The van der Waals surface area contributed by atoms with Crippen LogP contribution in [0.4, 0.5) is 9.18 Å². The molecule has 2 atom stereocenters. The van der Waals surface area contributed by atoms with Crippen molar-refractivity contribution < 1.29 is 13.9 Å². The van der Waals surface area contributed by atoms with E-state index in [1.165, 1.54) is 11.6 Å². The first-order valence-electron chi connectivity index (χ1n) is 8.27. The van der Waals surface area contributed by atoms with Gasteiger partial charge in [0.1, 0.15) is 11.4 Å². The topological polar surface area (TPSA) is 29.5 Å². The molecular formula is C19H24FNO2. The Bertz CT molecular complexity index is 633. The van der Waals surface area contributed by atoms with Crippen molar-refractivity contribution in [1.82, 2.24) is 4.90 Å². The number of rotatable bonds is 2. The molecule has 0 saturated carbocycles. The third kappa shape index (κ3) is 3.74. The van der Waals surface area contributed by atoms with E-state index in [0.717, 1.165) is 31.2 Å². The minimum Gasteiger partial charge on any atom is -0.444 e. The number of hydrogen-bond donors (Lipinski definition) is 0. The molecule has 3 nitrogen and oxygen atoms in total. The van der Waals surface area contributed by atoms with Crippen LogP contribution in [0.5, 0.6) is 0 Å². The molecule has 2 aliphatic rings. The van der Waals surface area contributed by atoms with E-state index in [-0.39, 0.29) is 24.0 Å². The Balaban J connectivity index is 1.72. The fourth-order valence-corrected chi connectivity index (χ4v) is 3.56. The highest BCUT2D eigenvalue weighted by atomic mass is 19.1. The van der Waals surface area contributed by atoms with Gasteiger partial charge < -0.3 is 4.74 Å². The Labute approximate surface area is 137 Å². The van der Waals surface area contributed by atoms with Crippen LogP contribution in [0.3, 0.4) is 0 Å². The molecule has 0 aliphatic carbocycles. The predicted octanol–water partition coefficient (Wildman–Crippen LogP) is 4.47. The number of ether oxygens (including phenoxy) is 1. The SMILES string of the molecule is CC(C)(C)OC(=O)N1C2C=C(Cc3cccc(F)c3)CC1CC2. The van der Waals surface area contributed by atoms with Crippen LogP contribution in [0.15, 0.2) is 35.9 Å². The van der Waals surface area contributed by atoms with Gasteiger partial charge in [0.2, 0.25) is 0 Å². The van der Waals surface area contributed by atoms with Crippen LogP contribution in [0.1, 0.15) is 45.6 Å². The van der Waals surface area contributed by atoms with Crippen LogP contribution in [0.2, 0.25) is 0 Å². The Morgan fingerprint density at radius 2 is 2.13 bits per heavy atom. The lowest BCUT2D eigenvalue weighted by atomic mass is 9.95. The third-order valence-electron chi connectivity index (χ3n) is 4.40. The lowest BCUT2D eigenvalue weighted by Gasteiger charge is -2.35. The van der Waals surface area contributed by atoms with Gasteiger partial charge in [0.05, 0.1) is 6.04 Å². The highest BCUT2D eigenvalue weighted by Crippen LogP contribution is 2.36. The number of hydrogen-bond acceptors (Lipinski definition) is 2. The molecule has 1 aromatic rings. The lowest BCUT2D eigenvalue weighted by Crippen LogP contribution is -2.45. The number of carbonyl (C=O) groups excluding carboxylic acids is 1. The molecule has 1 fully saturated rings. The summed E-state index contributed by atoms with van der Waals surface area (Å²) in [4.78, 5) is 14.3. The zero-order valence-electron chi connectivity index (χ0n) is 14.0. The van der Waals surface area contributed by atoms with Crippen LogP contribution < -0.4 is 0 Å². The molecule has 1 amide bonds. The van der Waals surface area contributed by atoms with E-state index in [0.29, 0.717) is 0 Å². The van der Waals surface area contributed by atoms with Gasteiger partial charge in [-0.25, -0.2) is 9.18 Å². The lowest BCUT2D eigenvalue weighted by molar-refractivity contribution is 0.0166. The largest absolute Gasteiger partial charge is 0.444 e. The molecule has 2 heterocycles. The smallest absolute Gasteiger partial charge is 0.411 e. The summed E-state index contributed by atoms with van der Waals surface area (Å²) in [6.45, 7) is 5.67. The summed E-state index contributed by atoms with van der Waals surface area (Å²) in [5.74, 6) is -0.197. The van der Waals surface area contributed by atoms with E-state index < -0.39 is 5.60 Å². The van der Waals surface area contributed by atoms with Gasteiger partial charge in [0.15, 0.2) is 0 Å². The van der Waals surface area contributed by atoms with E-state index in [1.54, 1.807) is 12.1 Å². The highest BCUT2D eigenvalue weighted by Gasteiger charge is 2.41. The molecule has 2 aliphatic heterocycles. The molecule has 0 aromatic heterocycles. The molecule has 124 valence electrons. The summed E-state index contributed by atoms with van der Waals surface area (Å²) in [7, 11) is 0. The second kappa shape index (κ2) is 5.99. The van der Waals surface area contributed by atoms with Crippen molar-refractivity contribution in [3.05, 3.63) is 47.3 Å². The molecule has 1 aromatic carbocycles. The van der Waals surface area contributed by atoms with Crippen LogP contribution >= 0.6 is 0 Å². The Kier molecular flexibility index (Phi) is 4.17. The minimum absolute atomic E-state index is 0.118. The Morgan fingerprint density at radius 3 is 2.78 bits per heavy atom. The van der Waals surface area contributed by atoms with Crippen molar-refractivity contribution in [1.29, 1.82) is 0 Å². The molecule has 1 saturated heterocycles. The summed E-state index contributed by atoms with van der Waals surface area (Å²) in [5.41, 5.74) is 1.81. The van der Waals surface area contributed by atoms with E-state index >= 15 is 0 Å². The fraction of sp³-hybridized carbons (Fsp3) is 0.526. The van der Waals surface area contributed by atoms with Gasteiger partial charge in [0, 0.05) is 6.04 Å². The predicted molar refractivity (Wildman–Crippen MR) is 87.7 cm³/mol. The number of nitrogens with zero attached hydrogens (tertiary/aromatic N) is 1. The van der Waals surface area contributed by atoms with Crippen LogP contribution in [0, 0.1) is 5.82 Å². The first-order chi connectivity index (χ1) is 10.8. The maximum absolute atomic E-state index is 13.3. The minimum atomic E-state index is -0.470. The molecule has 3 rings (SSSR count). The standard InChI is InChI=1S/C19H24FNO2/c1-19(2,3)23-18(22)21-16-7-8-17(21)12-14(11-16)9-13-5-4-6-15(20)10-13/h4-6,10-11,16-17H,7-9,12H2,1-3H3. The van der Waals surface area contributed by atoms with E-state index in [1.807, 2.05) is 31.7 Å². The third-order valence-corrected chi connectivity index (χ3v) is 4.40. The number of halogens is 1. The van der Waals surface area contributed by atoms with Crippen molar-refractivity contribution in [2.24, 2.45) is 0 Å². The van der Waals surface area contributed by atoms with Gasteiger partial charge >= 0.3 is 6.09 Å². The van der Waals surface area contributed by atoms with E-state index in [4.69, 9.17) is 4.74 Å². The van der Waals surface area contributed by atoms with E-state index in [2.05, 4.69) is 6.08 Å². The van der Waals surface area contributed by atoms with Gasteiger partial charge in [-0.2, -0.15) is 0 Å². The zero-order valence-corrected chi connectivity index (χ0v) is 14.0. The molecule has 0 spiro atoms. The van der Waals surface area contributed by atoms with Crippen molar-refractivity contribution in [2.75, 3.05) is 0 Å².